The van der Waals surface area contributed by atoms with Gasteiger partial charge < -0.3 is 10.2 Å². The molecule has 1 aliphatic carbocycles. The fourth-order valence-electron chi connectivity index (χ4n) is 4.53. The van der Waals surface area contributed by atoms with E-state index >= 15 is 0 Å². The van der Waals surface area contributed by atoms with E-state index in [1.165, 1.54) is 0 Å². The number of carbonyl (C=O) groups excluding carboxylic acids is 3. The number of para-hydroxylation sites is 1. The van der Waals surface area contributed by atoms with E-state index in [9.17, 15) is 14.4 Å². The molecule has 2 aliphatic heterocycles. The summed E-state index contributed by atoms with van der Waals surface area (Å²) in [5.41, 5.74) is 2.66. The molecule has 3 fully saturated rings. The highest BCUT2D eigenvalue weighted by Gasteiger charge is 2.52. The summed E-state index contributed by atoms with van der Waals surface area (Å²) in [5, 5.41) is 4.41. The molecule has 8 nitrogen and oxygen atoms in total. The first-order valence-electron chi connectivity index (χ1n) is 10.6. The third kappa shape index (κ3) is 4.11. The van der Waals surface area contributed by atoms with Gasteiger partial charge in [0, 0.05) is 26.2 Å². The molecule has 9 heteroatoms. The third-order valence-electron chi connectivity index (χ3n) is 6.46. The van der Waals surface area contributed by atoms with Crippen LogP contribution in [-0.4, -0.2) is 66.0 Å². The summed E-state index contributed by atoms with van der Waals surface area (Å²) < 4.78 is 0. The number of benzene rings is 1. The molecule has 0 atom stereocenters. The first kappa shape index (κ1) is 20.9. The van der Waals surface area contributed by atoms with Gasteiger partial charge in [0.1, 0.15) is 5.54 Å². The first-order chi connectivity index (χ1) is 14.4. The second kappa shape index (κ2) is 8.43. The monoisotopic (exact) mass is 433 g/mol. The molecule has 1 aromatic carbocycles. The quantitative estimate of drug-likeness (QED) is 0.709. The van der Waals surface area contributed by atoms with Gasteiger partial charge >= 0.3 is 6.03 Å². The maximum atomic E-state index is 12.9. The van der Waals surface area contributed by atoms with Crippen LogP contribution in [0.2, 0.25) is 5.02 Å². The molecule has 2 heterocycles. The standard InChI is InChI=1S/C21H28ClN5O3/c1-15-6-8-21(9-7-15)19(29)27(20(30)23-21)24-18(28)14-25-10-12-26(13-11-25)17-5-3-2-4-16(17)22/h2-5,15H,6-14H2,1H3,(H,23,30)(H,24,28). The molecular formula is C21H28ClN5O3. The number of urea groups is 1. The molecule has 4 amide bonds. The largest absolute Gasteiger partial charge is 0.368 e. The van der Waals surface area contributed by atoms with Gasteiger partial charge in [0.2, 0.25) is 0 Å². The lowest BCUT2D eigenvalue weighted by Gasteiger charge is -2.36. The predicted molar refractivity (Wildman–Crippen MR) is 114 cm³/mol. The number of imide groups is 1. The third-order valence-corrected chi connectivity index (χ3v) is 6.78. The minimum Gasteiger partial charge on any atom is -0.368 e. The summed E-state index contributed by atoms with van der Waals surface area (Å²) in [7, 11) is 0. The number of hydrogen-bond acceptors (Lipinski definition) is 5. The molecule has 0 aromatic heterocycles. The Morgan fingerprint density at radius 2 is 1.83 bits per heavy atom. The highest BCUT2D eigenvalue weighted by molar-refractivity contribution is 6.33. The van der Waals surface area contributed by atoms with Crippen molar-refractivity contribution in [2.75, 3.05) is 37.6 Å². The van der Waals surface area contributed by atoms with Crippen LogP contribution in [0.3, 0.4) is 0 Å². The number of nitrogens with zero attached hydrogens (tertiary/aromatic N) is 3. The number of rotatable bonds is 4. The fourth-order valence-corrected chi connectivity index (χ4v) is 4.79. The summed E-state index contributed by atoms with van der Waals surface area (Å²) in [6, 6.07) is 7.18. The predicted octanol–water partition coefficient (Wildman–Crippen LogP) is 1.99. The van der Waals surface area contributed by atoms with E-state index in [0.717, 1.165) is 36.6 Å². The Morgan fingerprint density at radius 1 is 1.17 bits per heavy atom. The van der Waals surface area contributed by atoms with Gasteiger partial charge in [-0.25, -0.2) is 4.79 Å². The van der Waals surface area contributed by atoms with Crippen LogP contribution in [-0.2, 0) is 9.59 Å². The van der Waals surface area contributed by atoms with Crippen LogP contribution in [0.4, 0.5) is 10.5 Å². The van der Waals surface area contributed by atoms with E-state index in [0.29, 0.717) is 36.9 Å². The molecule has 0 radical (unpaired) electrons. The zero-order valence-electron chi connectivity index (χ0n) is 17.2. The van der Waals surface area contributed by atoms with Crippen LogP contribution in [0.5, 0.6) is 0 Å². The molecule has 4 rings (SSSR count). The Balaban J connectivity index is 1.29. The van der Waals surface area contributed by atoms with Crippen LogP contribution in [0.15, 0.2) is 24.3 Å². The van der Waals surface area contributed by atoms with Crippen molar-refractivity contribution in [2.24, 2.45) is 5.92 Å². The van der Waals surface area contributed by atoms with Crippen molar-refractivity contribution >= 4 is 35.1 Å². The first-order valence-corrected chi connectivity index (χ1v) is 10.9. The molecule has 2 saturated heterocycles. The van der Waals surface area contributed by atoms with Gasteiger partial charge in [-0.15, -0.1) is 0 Å². The fraction of sp³-hybridized carbons (Fsp3) is 0.571. The molecule has 0 unspecified atom stereocenters. The second-order valence-electron chi connectivity index (χ2n) is 8.58. The van der Waals surface area contributed by atoms with Crippen molar-refractivity contribution in [3.8, 4) is 0 Å². The van der Waals surface area contributed by atoms with Crippen LogP contribution >= 0.6 is 11.6 Å². The van der Waals surface area contributed by atoms with Crippen molar-refractivity contribution in [1.29, 1.82) is 0 Å². The Hall–Kier alpha value is -2.32. The van der Waals surface area contributed by atoms with Gasteiger partial charge in [-0.2, -0.15) is 5.01 Å². The maximum absolute atomic E-state index is 12.9. The van der Waals surface area contributed by atoms with Gasteiger partial charge in [-0.05, 0) is 43.7 Å². The minimum absolute atomic E-state index is 0.136. The Kier molecular flexibility index (Phi) is 5.88. The molecule has 1 spiro atoms. The number of amides is 4. The Morgan fingerprint density at radius 3 is 2.50 bits per heavy atom. The van der Waals surface area contributed by atoms with E-state index in [2.05, 4.69) is 22.6 Å². The van der Waals surface area contributed by atoms with E-state index in [4.69, 9.17) is 11.6 Å². The molecule has 1 saturated carbocycles. The number of halogens is 1. The number of nitrogens with one attached hydrogen (secondary N) is 2. The molecule has 2 N–H and O–H groups in total. The molecule has 30 heavy (non-hydrogen) atoms. The topological polar surface area (TPSA) is 85.0 Å². The highest BCUT2D eigenvalue weighted by Crippen LogP contribution is 2.35. The van der Waals surface area contributed by atoms with Gasteiger partial charge in [-0.3, -0.25) is 19.9 Å². The molecule has 1 aromatic rings. The number of hydrazine groups is 1. The number of hydrogen-bond donors (Lipinski definition) is 2. The number of carbonyl (C=O) groups is 3. The van der Waals surface area contributed by atoms with Crippen molar-refractivity contribution < 1.29 is 14.4 Å². The SMILES string of the molecule is CC1CCC2(CC1)NC(=O)N(NC(=O)CN1CCN(c3ccccc3Cl)CC1)C2=O. The highest BCUT2D eigenvalue weighted by atomic mass is 35.5. The lowest BCUT2D eigenvalue weighted by Crippen LogP contribution is -2.54. The molecular weight excluding hydrogens is 406 g/mol. The summed E-state index contributed by atoms with van der Waals surface area (Å²) in [4.78, 5) is 41.9. The molecule has 162 valence electrons. The van der Waals surface area contributed by atoms with Crippen molar-refractivity contribution in [1.82, 2.24) is 20.7 Å². The summed E-state index contributed by atoms with van der Waals surface area (Å²) >= 11 is 6.28. The van der Waals surface area contributed by atoms with Crippen molar-refractivity contribution in [3.05, 3.63) is 29.3 Å². The Bertz CT molecular complexity index is 832. The average molecular weight is 434 g/mol. The van der Waals surface area contributed by atoms with Crippen molar-refractivity contribution in [3.63, 3.8) is 0 Å². The maximum Gasteiger partial charge on any atom is 0.344 e. The average Bonchev–Trinajstić information content (AvgIpc) is 2.95. The smallest absolute Gasteiger partial charge is 0.344 e. The molecule has 0 bridgehead atoms. The summed E-state index contributed by atoms with van der Waals surface area (Å²) in [6.45, 7) is 5.18. The van der Waals surface area contributed by atoms with Gasteiger partial charge in [0.15, 0.2) is 0 Å². The lowest BCUT2D eigenvalue weighted by molar-refractivity contribution is -0.140. The lowest BCUT2D eigenvalue weighted by atomic mass is 9.77. The van der Waals surface area contributed by atoms with Crippen LogP contribution in [0.1, 0.15) is 32.6 Å². The normalized spacial score (nSPS) is 27.5. The van der Waals surface area contributed by atoms with E-state index in [1.807, 2.05) is 29.2 Å². The van der Waals surface area contributed by atoms with Gasteiger partial charge in [0.05, 0.1) is 17.3 Å². The van der Waals surface area contributed by atoms with Crippen LogP contribution < -0.4 is 15.6 Å². The van der Waals surface area contributed by atoms with Crippen LogP contribution in [0, 0.1) is 5.92 Å². The molecule has 3 aliphatic rings. The van der Waals surface area contributed by atoms with Crippen molar-refractivity contribution in [2.45, 2.75) is 38.1 Å². The van der Waals surface area contributed by atoms with Gasteiger partial charge in [0.25, 0.3) is 11.8 Å². The number of piperazine rings is 1. The zero-order valence-corrected chi connectivity index (χ0v) is 18.0. The van der Waals surface area contributed by atoms with E-state index in [1.54, 1.807) is 0 Å². The minimum atomic E-state index is -0.850. The number of anilines is 1. The van der Waals surface area contributed by atoms with Gasteiger partial charge in [-0.1, -0.05) is 30.7 Å². The summed E-state index contributed by atoms with van der Waals surface area (Å²) in [5.74, 6) is -0.143. The van der Waals surface area contributed by atoms with Crippen LogP contribution in [0.25, 0.3) is 0 Å². The van der Waals surface area contributed by atoms with E-state index in [-0.39, 0.29) is 18.4 Å². The zero-order chi connectivity index (χ0) is 21.3. The summed E-state index contributed by atoms with van der Waals surface area (Å²) in [6.07, 6.45) is 3.03. The second-order valence-corrected chi connectivity index (χ2v) is 8.99. The Labute approximate surface area is 181 Å². The van der Waals surface area contributed by atoms with E-state index < -0.39 is 11.6 Å².